The molecule has 1 amide bonds. The van der Waals surface area contributed by atoms with Crippen molar-refractivity contribution in [2.24, 2.45) is 0 Å². The molecule has 1 aliphatic heterocycles. The van der Waals surface area contributed by atoms with Crippen molar-refractivity contribution in [3.63, 3.8) is 0 Å². The van der Waals surface area contributed by atoms with Gasteiger partial charge in [0.25, 0.3) is 0 Å². The molecule has 0 N–H and O–H groups in total. The Morgan fingerprint density at radius 1 is 1.36 bits per heavy atom. The average molecular weight is 340 g/mol. The van der Waals surface area contributed by atoms with E-state index < -0.39 is 0 Å². The number of benzene rings is 1. The first-order valence-electron chi connectivity index (χ1n) is 8.37. The Balaban J connectivity index is 1.72. The van der Waals surface area contributed by atoms with E-state index in [1.165, 1.54) is 12.3 Å². The zero-order valence-corrected chi connectivity index (χ0v) is 14.2. The number of hydrogen-bond acceptors (Lipinski definition) is 3. The van der Waals surface area contributed by atoms with Gasteiger partial charge < -0.3 is 9.64 Å². The second-order valence-electron chi connectivity index (χ2n) is 6.20. The van der Waals surface area contributed by atoms with Gasteiger partial charge in [0.05, 0.1) is 12.2 Å². The lowest BCUT2D eigenvalue weighted by molar-refractivity contribution is 0.0146. The van der Waals surface area contributed by atoms with Crippen LogP contribution in [0, 0.1) is 5.82 Å². The summed E-state index contributed by atoms with van der Waals surface area (Å²) in [5.41, 5.74) is 2.62. The summed E-state index contributed by atoms with van der Waals surface area (Å²) in [6.45, 7) is 6.33. The second kappa shape index (κ2) is 7.47. The van der Waals surface area contributed by atoms with Crippen molar-refractivity contribution >= 4 is 6.09 Å². The van der Waals surface area contributed by atoms with Gasteiger partial charge in [-0.1, -0.05) is 30.3 Å². The van der Waals surface area contributed by atoms with Crippen LogP contribution in [0.4, 0.5) is 9.18 Å². The Bertz CT molecular complexity index is 761. The van der Waals surface area contributed by atoms with Crippen molar-refractivity contribution in [3.8, 4) is 11.1 Å². The summed E-state index contributed by atoms with van der Waals surface area (Å²) < 4.78 is 18.8. The SMILES string of the molecule is C=CCC1CCN(C(C)c2ccc(-c3cncc(F)c3)cc2)C(=O)O1. The van der Waals surface area contributed by atoms with Crippen LogP contribution in [-0.2, 0) is 4.74 Å². The molecule has 1 fully saturated rings. The normalized spacial score (nSPS) is 18.6. The monoisotopic (exact) mass is 340 g/mol. The fraction of sp³-hybridized carbons (Fsp3) is 0.300. The van der Waals surface area contributed by atoms with E-state index >= 15 is 0 Å². The van der Waals surface area contributed by atoms with Gasteiger partial charge in [0.1, 0.15) is 11.9 Å². The van der Waals surface area contributed by atoms with Crippen LogP contribution in [0.5, 0.6) is 0 Å². The van der Waals surface area contributed by atoms with Gasteiger partial charge >= 0.3 is 6.09 Å². The molecule has 2 aromatic rings. The number of cyclic esters (lactones) is 1. The molecule has 1 aliphatic rings. The number of carbonyl (C=O) groups is 1. The number of aromatic nitrogens is 1. The highest BCUT2D eigenvalue weighted by atomic mass is 19.1. The molecule has 130 valence electrons. The highest BCUT2D eigenvalue weighted by molar-refractivity contribution is 5.69. The van der Waals surface area contributed by atoms with Gasteiger partial charge in [0.15, 0.2) is 0 Å². The average Bonchev–Trinajstić information content (AvgIpc) is 2.62. The van der Waals surface area contributed by atoms with Gasteiger partial charge in [-0.25, -0.2) is 9.18 Å². The van der Waals surface area contributed by atoms with Crippen LogP contribution in [0.3, 0.4) is 0 Å². The first kappa shape index (κ1) is 17.1. The summed E-state index contributed by atoms with van der Waals surface area (Å²) in [6, 6.07) is 9.10. The maximum Gasteiger partial charge on any atom is 0.410 e. The lowest BCUT2D eigenvalue weighted by Gasteiger charge is -2.35. The summed E-state index contributed by atoms with van der Waals surface area (Å²) in [6.07, 6.45) is 5.71. The number of ether oxygens (including phenoxy) is 1. The molecule has 0 aliphatic carbocycles. The van der Waals surface area contributed by atoms with E-state index in [0.29, 0.717) is 13.0 Å². The highest BCUT2D eigenvalue weighted by Gasteiger charge is 2.30. The maximum atomic E-state index is 13.3. The number of hydrogen-bond donors (Lipinski definition) is 0. The van der Waals surface area contributed by atoms with E-state index in [-0.39, 0.29) is 24.1 Å². The fourth-order valence-electron chi connectivity index (χ4n) is 3.05. The van der Waals surface area contributed by atoms with E-state index in [4.69, 9.17) is 4.74 Å². The third-order valence-corrected chi connectivity index (χ3v) is 4.52. The van der Waals surface area contributed by atoms with Crippen LogP contribution < -0.4 is 0 Å². The van der Waals surface area contributed by atoms with Gasteiger partial charge in [-0.3, -0.25) is 4.98 Å². The van der Waals surface area contributed by atoms with Crippen LogP contribution >= 0.6 is 0 Å². The third-order valence-electron chi connectivity index (χ3n) is 4.52. The van der Waals surface area contributed by atoms with Gasteiger partial charge in [0, 0.05) is 31.1 Å². The quantitative estimate of drug-likeness (QED) is 0.739. The van der Waals surface area contributed by atoms with Crippen molar-refractivity contribution in [3.05, 3.63) is 66.8 Å². The molecule has 0 bridgehead atoms. The molecule has 0 spiro atoms. The maximum absolute atomic E-state index is 13.3. The van der Waals surface area contributed by atoms with Crippen molar-refractivity contribution in [1.29, 1.82) is 0 Å². The minimum absolute atomic E-state index is 0.0729. The molecule has 2 heterocycles. The molecule has 3 rings (SSSR count). The molecule has 2 unspecified atom stereocenters. The minimum Gasteiger partial charge on any atom is -0.446 e. The third kappa shape index (κ3) is 3.87. The number of carbonyl (C=O) groups excluding carboxylic acids is 1. The van der Waals surface area contributed by atoms with Crippen LogP contribution in [0.25, 0.3) is 11.1 Å². The Hall–Kier alpha value is -2.69. The number of halogens is 1. The molecule has 0 saturated carbocycles. The van der Waals surface area contributed by atoms with E-state index in [0.717, 1.165) is 23.1 Å². The Labute approximate surface area is 146 Å². The Morgan fingerprint density at radius 2 is 2.12 bits per heavy atom. The zero-order chi connectivity index (χ0) is 17.8. The molecule has 1 aromatic heterocycles. The van der Waals surface area contributed by atoms with Crippen molar-refractivity contribution < 1.29 is 13.9 Å². The summed E-state index contributed by atoms with van der Waals surface area (Å²) in [4.78, 5) is 17.8. The van der Waals surface area contributed by atoms with Gasteiger partial charge in [-0.15, -0.1) is 6.58 Å². The lowest BCUT2D eigenvalue weighted by atomic mass is 10.0. The van der Waals surface area contributed by atoms with Gasteiger partial charge in [-0.2, -0.15) is 0 Å². The molecular formula is C20H21FN2O2. The van der Waals surface area contributed by atoms with Crippen molar-refractivity contribution in [2.75, 3.05) is 6.54 Å². The largest absolute Gasteiger partial charge is 0.446 e. The highest BCUT2D eigenvalue weighted by Crippen LogP contribution is 2.28. The van der Waals surface area contributed by atoms with Gasteiger partial charge in [0.2, 0.25) is 0 Å². The smallest absolute Gasteiger partial charge is 0.410 e. The molecule has 0 radical (unpaired) electrons. The van der Waals surface area contributed by atoms with E-state index in [1.807, 2.05) is 31.2 Å². The van der Waals surface area contributed by atoms with Crippen molar-refractivity contribution in [1.82, 2.24) is 9.88 Å². The fourth-order valence-corrected chi connectivity index (χ4v) is 3.05. The number of amides is 1. The molecule has 1 saturated heterocycles. The molecule has 25 heavy (non-hydrogen) atoms. The van der Waals surface area contributed by atoms with Crippen LogP contribution in [0.1, 0.15) is 31.4 Å². The van der Waals surface area contributed by atoms with E-state index in [9.17, 15) is 9.18 Å². The first-order chi connectivity index (χ1) is 12.1. The number of rotatable bonds is 5. The second-order valence-corrected chi connectivity index (χ2v) is 6.20. The Morgan fingerprint density at radius 3 is 2.76 bits per heavy atom. The van der Waals surface area contributed by atoms with Crippen molar-refractivity contribution in [2.45, 2.75) is 31.9 Å². The predicted molar refractivity (Wildman–Crippen MR) is 94.5 cm³/mol. The topological polar surface area (TPSA) is 42.4 Å². The predicted octanol–water partition coefficient (Wildman–Crippen LogP) is 4.74. The van der Waals surface area contributed by atoms with E-state index in [1.54, 1.807) is 17.2 Å². The summed E-state index contributed by atoms with van der Waals surface area (Å²) >= 11 is 0. The number of nitrogens with zero attached hydrogens (tertiary/aromatic N) is 2. The van der Waals surface area contributed by atoms with E-state index in [2.05, 4.69) is 11.6 Å². The molecular weight excluding hydrogens is 319 g/mol. The molecule has 2 atom stereocenters. The molecule has 5 heteroatoms. The zero-order valence-electron chi connectivity index (χ0n) is 14.2. The molecule has 1 aromatic carbocycles. The summed E-state index contributed by atoms with van der Waals surface area (Å²) in [5, 5.41) is 0. The molecule has 4 nitrogen and oxygen atoms in total. The standard InChI is InChI=1S/C20H21FN2O2/c1-3-4-19-9-10-23(20(24)25-19)14(2)15-5-7-16(8-6-15)17-11-18(21)13-22-12-17/h3,5-8,11-14,19H,1,4,9-10H2,2H3. The van der Waals surface area contributed by atoms with Crippen LogP contribution in [0.2, 0.25) is 0 Å². The first-order valence-corrected chi connectivity index (χ1v) is 8.37. The van der Waals surface area contributed by atoms with Crippen LogP contribution in [0.15, 0.2) is 55.4 Å². The van der Waals surface area contributed by atoms with Gasteiger partial charge in [-0.05, 0) is 24.1 Å². The number of pyridine rings is 1. The lowest BCUT2D eigenvalue weighted by Crippen LogP contribution is -2.43. The summed E-state index contributed by atoms with van der Waals surface area (Å²) in [7, 11) is 0. The summed E-state index contributed by atoms with van der Waals surface area (Å²) in [5.74, 6) is -0.361. The van der Waals surface area contributed by atoms with Crippen LogP contribution in [-0.4, -0.2) is 28.6 Å². The Kier molecular flexibility index (Phi) is 5.12. The minimum atomic E-state index is -0.361.